The molecule has 0 fully saturated rings. The Kier molecular flexibility index (Phi) is 3.67. The molecule has 18 heavy (non-hydrogen) atoms. The Morgan fingerprint density at radius 1 is 1.44 bits per heavy atom. The van der Waals surface area contributed by atoms with Crippen molar-refractivity contribution in [1.29, 1.82) is 0 Å². The average molecular weight is 264 g/mol. The average Bonchev–Trinajstić information content (AvgIpc) is 2.80. The first kappa shape index (κ1) is 12.6. The highest BCUT2D eigenvalue weighted by Gasteiger charge is 2.14. The summed E-state index contributed by atoms with van der Waals surface area (Å²) < 4.78 is 1.70. The molecule has 0 amide bonds. The molecule has 0 radical (unpaired) electrons. The van der Waals surface area contributed by atoms with Crippen molar-refractivity contribution in [3.63, 3.8) is 0 Å². The molecule has 5 heteroatoms. The fourth-order valence-corrected chi connectivity index (χ4v) is 1.91. The minimum atomic E-state index is -0.0946. The second kappa shape index (κ2) is 5.23. The summed E-state index contributed by atoms with van der Waals surface area (Å²) in [7, 11) is 0. The van der Waals surface area contributed by atoms with Crippen LogP contribution in [-0.2, 0) is 6.54 Å². The molecule has 2 rings (SSSR count). The molecule has 2 N–H and O–H groups in total. The minimum absolute atomic E-state index is 0.0946. The maximum Gasteiger partial charge on any atom is 0.211 e. The van der Waals surface area contributed by atoms with E-state index in [9.17, 15) is 4.79 Å². The lowest BCUT2D eigenvalue weighted by molar-refractivity contribution is 0.102. The van der Waals surface area contributed by atoms with E-state index >= 15 is 0 Å². The third-order valence-electron chi connectivity index (χ3n) is 2.65. The van der Waals surface area contributed by atoms with Gasteiger partial charge in [-0.25, -0.2) is 0 Å². The van der Waals surface area contributed by atoms with E-state index in [4.69, 9.17) is 17.3 Å². The summed E-state index contributed by atoms with van der Waals surface area (Å²) in [4.78, 5) is 12.3. The van der Waals surface area contributed by atoms with Crippen LogP contribution < -0.4 is 5.73 Å². The zero-order valence-corrected chi connectivity index (χ0v) is 10.8. The van der Waals surface area contributed by atoms with Crippen molar-refractivity contribution in [1.82, 2.24) is 9.78 Å². The van der Waals surface area contributed by atoms with Crippen LogP contribution in [0.3, 0.4) is 0 Å². The molecule has 0 aliphatic rings. The van der Waals surface area contributed by atoms with E-state index in [0.717, 1.165) is 13.0 Å². The number of aryl methyl sites for hydroxylation is 1. The molecule has 94 valence electrons. The highest BCUT2D eigenvalue weighted by atomic mass is 35.5. The number of nitrogens with two attached hydrogens (primary N) is 1. The maximum absolute atomic E-state index is 12.3. The van der Waals surface area contributed by atoms with E-state index in [1.54, 1.807) is 35.1 Å². The van der Waals surface area contributed by atoms with Crippen molar-refractivity contribution in [3.8, 4) is 0 Å². The molecule has 0 bridgehead atoms. The molecule has 0 aliphatic carbocycles. The third-order valence-corrected chi connectivity index (χ3v) is 2.97. The fraction of sp³-hybridized carbons (Fsp3) is 0.231. The van der Waals surface area contributed by atoms with Gasteiger partial charge < -0.3 is 5.73 Å². The number of benzene rings is 1. The van der Waals surface area contributed by atoms with Crippen molar-refractivity contribution in [2.24, 2.45) is 0 Å². The molecule has 0 aliphatic heterocycles. The second-order valence-electron chi connectivity index (χ2n) is 4.01. The van der Waals surface area contributed by atoms with Gasteiger partial charge in [0.25, 0.3) is 0 Å². The van der Waals surface area contributed by atoms with Crippen LogP contribution in [0.25, 0.3) is 0 Å². The molecule has 1 aromatic carbocycles. The summed E-state index contributed by atoms with van der Waals surface area (Å²) >= 11 is 5.92. The van der Waals surface area contributed by atoms with E-state index in [2.05, 4.69) is 5.10 Å². The summed E-state index contributed by atoms with van der Waals surface area (Å²) in [6, 6.07) is 6.60. The summed E-state index contributed by atoms with van der Waals surface area (Å²) in [6.45, 7) is 2.76. The Bertz CT molecular complexity index is 577. The van der Waals surface area contributed by atoms with Gasteiger partial charge in [-0.15, -0.1) is 0 Å². The van der Waals surface area contributed by atoms with Gasteiger partial charge in [0.15, 0.2) is 0 Å². The zero-order valence-electron chi connectivity index (χ0n) is 10.1. The van der Waals surface area contributed by atoms with Crippen LogP contribution >= 0.6 is 11.6 Å². The highest BCUT2D eigenvalue weighted by molar-refractivity contribution is 6.33. The monoisotopic (exact) mass is 263 g/mol. The van der Waals surface area contributed by atoms with Crippen molar-refractivity contribution in [2.45, 2.75) is 19.9 Å². The Labute approximate surface area is 110 Å². The Morgan fingerprint density at radius 3 is 2.89 bits per heavy atom. The van der Waals surface area contributed by atoms with Gasteiger partial charge in [0.05, 0.1) is 10.7 Å². The molecule has 4 nitrogen and oxygen atoms in total. The van der Waals surface area contributed by atoms with Crippen molar-refractivity contribution in [3.05, 3.63) is 46.7 Å². The van der Waals surface area contributed by atoms with Crippen LogP contribution in [0.1, 0.15) is 29.4 Å². The first-order valence-electron chi connectivity index (χ1n) is 5.75. The molecule has 0 saturated carbocycles. The van der Waals surface area contributed by atoms with Gasteiger partial charge >= 0.3 is 0 Å². The normalized spacial score (nSPS) is 10.6. The van der Waals surface area contributed by atoms with Gasteiger partial charge in [-0.2, -0.15) is 5.10 Å². The molecular formula is C13H14ClN3O. The van der Waals surface area contributed by atoms with E-state index in [1.807, 2.05) is 6.92 Å². The summed E-state index contributed by atoms with van der Waals surface area (Å²) in [5.41, 5.74) is 7.18. The highest BCUT2D eigenvalue weighted by Crippen LogP contribution is 2.21. The van der Waals surface area contributed by atoms with Crippen LogP contribution in [-0.4, -0.2) is 15.6 Å². The van der Waals surface area contributed by atoms with Crippen LogP contribution in [0.4, 0.5) is 5.69 Å². The lowest BCUT2D eigenvalue weighted by Crippen LogP contribution is -2.11. The lowest BCUT2D eigenvalue weighted by Gasteiger charge is -2.06. The minimum Gasteiger partial charge on any atom is -0.398 e. The van der Waals surface area contributed by atoms with E-state index in [0.29, 0.717) is 22.0 Å². The van der Waals surface area contributed by atoms with Crippen molar-refractivity contribution >= 4 is 23.1 Å². The number of carbonyl (C=O) groups is 1. The van der Waals surface area contributed by atoms with Gasteiger partial charge in [0, 0.05) is 18.3 Å². The quantitative estimate of drug-likeness (QED) is 0.682. The number of hydrogen-bond acceptors (Lipinski definition) is 3. The number of rotatable bonds is 4. The number of anilines is 1. The zero-order chi connectivity index (χ0) is 13.1. The predicted octanol–water partition coefficient (Wildman–Crippen LogP) is 2.76. The SMILES string of the molecule is CCCn1nccc1C(=O)c1ccc(N)c(Cl)c1. The van der Waals surface area contributed by atoms with Gasteiger partial charge in [-0.3, -0.25) is 9.48 Å². The number of nitrogens with zero attached hydrogens (tertiary/aromatic N) is 2. The largest absolute Gasteiger partial charge is 0.398 e. The summed E-state index contributed by atoms with van der Waals surface area (Å²) in [5, 5.41) is 4.52. The Hall–Kier alpha value is -1.81. The maximum atomic E-state index is 12.3. The molecule has 1 heterocycles. The van der Waals surface area contributed by atoms with E-state index < -0.39 is 0 Å². The van der Waals surface area contributed by atoms with Crippen molar-refractivity contribution < 1.29 is 4.79 Å². The van der Waals surface area contributed by atoms with Crippen LogP contribution in [0.5, 0.6) is 0 Å². The molecule has 0 atom stereocenters. The van der Waals surface area contributed by atoms with Gasteiger partial charge in [-0.1, -0.05) is 18.5 Å². The number of aromatic nitrogens is 2. The standard InChI is InChI=1S/C13H14ClN3O/c1-2-7-17-12(5-6-16-17)13(18)9-3-4-11(15)10(14)8-9/h3-6,8H,2,7,15H2,1H3. The first-order chi connectivity index (χ1) is 8.63. The molecular weight excluding hydrogens is 250 g/mol. The topological polar surface area (TPSA) is 60.9 Å². The fourth-order valence-electron chi connectivity index (χ4n) is 1.73. The number of hydrogen-bond donors (Lipinski definition) is 1. The van der Waals surface area contributed by atoms with Gasteiger partial charge in [0.1, 0.15) is 5.69 Å². The molecule has 0 spiro atoms. The summed E-state index contributed by atoms with van der Waals surface area (Å²) in [5.74, 6) is -0.0946. The molecule has 0 unspecified atom stereocenters. The molecule has 0 saturated heterocycles. The predicted molar refractivity (Wildman–Crippen MR) is 71.8 cm³/mol. The molecule has 1 aromatic heterocycles. The second-order valence-corrected chi connectivity index (χ2v) is 4.41. The number of halogens is 1. The Morgan fingerprint density at radius 2 is 2.22 bits per heavy atom. The number of ketones is 1. The van der Waals surface area contributed by atoms with Crippen LogP contribution in [0.15, 0.2) is 30.5 Å². The molecule has 2 aromatic rings. The first-order valence-corrected chi connectivity index (χ1v) is 6.12. The lowest BCUT2D eigenvalue weighted by atomic mass is 10.1. The summed E-state index contributed by atoms with van der Waals surface area (Å²) in [6.07, 6.45) is 2.55. The van der Waals surface area contributed by atoms with Crippen molar-refractivity contribution in [2.75, 3.05) is 5.73 Å². The van der Waals surface area contributed by atoms with Crippen LogP contribution in [0.2, 0.25) is 5.02 Å². The third kappa shape index (κ3) is 2.38. The number of nitrogen functional groups attached to an aromatic ring is 1. The smallest absolute Gasteiger partial charge is 0.211 e. The Balaban J connectivity index is 2.35. The number of carbonyl (C=O) groups excluding carboxylic acids is 1. The van der Waals surface area contributed by atoms with E-state index in [1.165, 1.54) is 0 Å². The van der Waals surface area contributed by atoms with Gasteiger partial charge in [0.2, 0.25) is 5.78 Å². The van der Waals surface area contributed by atoms with E-state index in [-0.39, 0.29) is 5.78 Å². The van der Waals surface area contributed by atoms with Gasteiger partial charge in [-0.05, 0) is 30.7 Å². The van der Waals surface area contributed by atoms with Crippen LogP contribution in [0, 0.1) is 0 Å².